The molecule has 1 aliphatic rings. The highest BCUT2D eigenvalue weighted by atomic mass is 16.2. The third-order valence-electron chi connectivity index (χ3n) is 2.89. The molecule has 0 aliphatic heterocycles. The van der Waals surface area contributed by atoms with Gasteiger partial charge >= 0.3 is 0 Å². The van der Waals surface area contributed by atoms with Crippen LogP contribution in [0.5, 0.6) is 0 Å². The molecule has 2 rings (SSSR count). The van der Waals surface area contributed by atoms with Crippen molar-refractivity contribution in [2.24, 2.45) is 5.92 Å². The Kier molecular flexibility index (Phi) is 3.34. The van der Waals surface area contributed by atoms with Gasteiger partial charge in [0, 0.05) is 24.9 Å². The number of aromatic nitrogens is 1. The van der Waals surface area contributed by atoms with Gasteiger partial charge in [-0.1, -0.05) is 12.2 Å². The van der Waals surface area contributed by atoms with Gasteiger partial charge < -0.3 is 5.32 Å². The molecule has 16 heavy (non-hydrogen) atoms. The van der Waals surface area contributed by atoms with Gasteiger partial charge in [0.25, 0.3) is 0 Å². The molecule has 3 nitrogen and oxygen atoms in total. The van der Waals surface area contributed by atoms with Crippen LogP contribution in [0.25, 0.3) is 0 Å². The first-order valence-corrected chi connectivity index (χ1v) is 5.61. The van der Waals surface area contributed by atoms with E-state index in [-0.39, 0.29) is 11.8 Å². The Labute approximate surface area is 95.6 Å². The van der Waals surface area contributed by atoms with Crippen molar-refractivity contribution in [1.82, 2.24) is 10.3 Å². The summed E-state index contributed by atoms with van der Waals surface area (Å²) in [5.74, 6) is 0.723. The zero-order valence-corrected chi connectivity index (χ0v) is 9.39. The number of hydrogen-bond acceptors (Lipinski definition) is 2. The number of pyridine rings is 1. The smallest absolute Gasteiger partial charge is 0.223 e. The molecule has 0 bridgehead atoms. The van der Waals surface area contributed by atoms with Crippen LogP contribution in [-0.2, 0) is 4.79 Å². The van der Waals surface area contributed by atoms with E-state index >= 15 is 0 Å². The van der Waals surface area contributed by atoms with Crippen molar-refractivity contribution in [3.63, 3.8) is 0 Å². The fourth-order valence-electron chi connectivity index (χ4n) is 1.87. The molecule has 0 aromatic carbocycles. The molecule has 1 aliphatic carbocycles. The molecule has 84 valence electrons. The van der Waals surface area contributed by atoms with Crippen molar-refractivity contribution in [3.8, 4) is 0 Å². The fourth-order valence-corrected chi connectivity index (χ4v) is 1.87. The van der Waals surface area contributed by atoms with E-state index in [2.05, 4.69) is 10.3 Å². The minimum Gasteiger partial charge on any atom is -0.352 e. The highest BCUT2D eigenvalue weighted by Gasteiger charge is 2.43. The van der Waals surface area contributed by atoms with Gasteiger partial charge in [0.1, 0.15) is 0 Å². The zero-order valence-electron chi connectivity index (χ0n) is 9.39. The minimum atomic E-state index is 0.160. The van der Waals surface area contributed by atoms with Crippen molar-refractivity contribution in [2.45, 2.75) is 19.3 Å². The van der Waals surface area contributed by atoms with Crippen molar-refractivity contribution < 1.29 is 4.79 Å². The topological polar surface area (TPSA) is 42.0 Å². The van der Waals surface area contributed by atoms with Gasteiger partial charge in [-0.2, -0.15) is 0 Å². The molecular weight excluding hydrogens is 200 g/mol. The molecular formula is C13H16N2O. The van der Waals surface area contributed by atoms with Gasteiger partial charge in [0.2, 0.25) is 5.91 Å². The molecule has 2 atom stereocenters. The monoisotopic (exact) mass is 216 g/mol. The number of carbonyl (C=O) groups is 1. The van der Waals surface area contributed by atoms with Crippen LogP contribution in [0, 0.1) is 5.92 Å². The predicted octanol–water partition coefficient (Wildman–Crippen LogP) is 1.88. The van der Waals surface area contributed by atoms with Gasteiger partial charge in [0.15, 0.2) is 0 Å². The Hall–Kier alpha value is -1.64. The number of hydrogen-bond donors (Lipinski definition) is 1. The van der Waals surface area contributed by atoms with E-state index in [9.17, 15) is 4.79 Å². The summed E-state index contributed by atoms with van der Waals surface area (Å²) in [6.07, 6.45) is 8.41. The van der Waals surface area contributed by atoms with Gasteiger partial charge in [-0.15, -0.1) is 0 Å². The van der Waals surface area contributed by atoms with Crippen LogP contribution in [0.15, 0.2) is 36.7 Å². The molecule has 1 saturated carbocycles. The maximum absolute atomic E-state index is 11.7. The number of allylic oxidation sites excluding steroid dienone is 1. The lowest BCUT2D eigenvalue weighted by atomic mass is 10.1. The highest BCUT2D eigenvalue weighted by Crippen LogP contribution is 2.47. The van der Waals surface area contributed by atoms with Gasteiger partial charge in [-0.25, -0.2) is 0 Å². The van der Waals surface area contributed by atoms with Crippen molar-refractivity contribution in [1.29, 1.82) is 0 Å². The molecule has 3 heteroatoms. The number of rotatable bonds is 4. The van der Waals surface area contributed by atoms with Crippen LogP contribution in [0.3, 0.4) is 0 Å². The summed E-state index contributed by atoms with van der Waals surface area (Å²) >= 11 is 0. The highest BCUT2D eigenvalue weighted by molar-refractivity contribution is 5.82. The Balaban J connectivity index is 1.85. The quantitative estimate of drug-likeness (QED) is 0.781. The van der Waals surface area contributed by atoms with Crippen LogP contribution in [0.1, 0.15) is 24.8 Å². The predicted molar refractivity (Wildman–Crippen MR) is 62.9 cm³/mol. The first-order chi connectivity index (χ1) is 7.83. The fraction of sp³-hybridized carbons (Fsp3) is 0.385. The standard InChI is InChI=1S/C13H16N2O/c1-2-3-6-15-13(16)12-9-11(12)10-4-7-14-8-5-10/h2-5,7-8,11-12H,6,9H2,1H3,(H,15,16)/b3-2+. The maximum atomic E-state index is 11.7. The van der Waals surface area contributed by atoms with Gasteiger partial charge in [0.05, 0.1) is 0 Å². The van der Waals surface area contributed by atoms with Crippen LogP contribution in [0.2, 0.25) is 0 Å². The van der Waals surface area contributed by atoms with E-state index < -0.39 is 0 Å². The molecule has 1 amide bonds. The number of nitrogens with zero attached hydrogens (tertiary/aromatic N) is 1. The number of carbonyl (C=O) groups excluding carboxylic acids is 1. The Morgan fingerprint density at radius 3 is 3.00 bits per heavy atom. The third-order valence-corrected chi connectivity index (χ3v) is 2.89. The summed E-state index contributed by atoms with van der Waals surface area (Å²) in [7, 11) is 0. The first kappa shape index (κ1) is 10.9. The van der Waals surface area contributed by atoms with Crippen molar-refractivity contribution in [3.05, 3.63) is 42.2 Å². The lowest BCUT2D eigenvalue weighted by molar-refractivity contribution is -0.122. The molecule has 1 fully saturated rings. The second-order valence-electron chi connectivity index (χ2n) is 4.04. The summed E-state index contributed by atoms with van der Waals surface area (Å²) in [4.78, 5) is 15.7. The lowest BCUT2D eigenvalue weighted by Gasteiger charge is -2.01. The lowest BCUT2D eigenvalue weighted by Crippen LogP contribution is -2.25. The summed E-state index contributed by atoms with van der Waals surface area (Å²) in [6, 6.07) is 3.98. The molecule has 1 aromatic heterocycles. The largest absolute Gasteiger partial charge is 0.352 e. The van der Waals surface area contributed by atoms with E-state index in [1.807, 2.05) is 31.2 Å². The third kappa shape index (κ3) is 2.48. The Bertz CT molecular complexity index is 386. The Morgan fingerprint density at radius 2 is 2.31 bits per heavy atom. The molecule has 1 aromatic rings. The SMILES string of the molecule is C/C=C/CNC(=O)C1CC1c1ccncc1. The van der Waals surface area contributed by atoms with Gasteiger partial charge in [-0.3, -0.25) is 9.78 Å². The number of amides is 1. The van der Waals surface area contributed by atoms with E-state index in [1.54, 1.807) is 12.4 Å². The molecule has 0 saturated heterocycles. The molecule has 0 radical (unpaired) electrons. The molecule has 0 spiro atoms. The summed E-state index contributed by atoms with van der Waals surface area (Å²) in [6.45, 7) is 2.58. The van der Waals surface area contributed by atoms with Crippen molar-refractivity contribution >= 4 is 5.91 Å². The number of nitrogens with one attached hydrogen (secondary N) is 1. The summed E-state index contributed by atoms with van der Waals surface area (Å²) in [5, 5.41) is 2.90. The normalized spacial score (nSPS) is 23.3. The summed E-state index contributed by atoms with van der Waals surface area (Å²) in [5.41, 5.74) is 1.22. The average Bonchev–Trinajstić information content (AvgIpc) is 3.10. The van der Waals surface area contributed by atoms with E-state index in [4.69, 9.17) is 0 Å². The molecule has 1 heterocycles. The summed E-state index contributed by atoms with van der Waals surface area (Å²) < 4.78 is 0. The van der Waals surface area contributed by atoms with E-state index in [1.165, 1.54) is 5.56 Å². The molecule has 1 N–H and O–H groups in total. The van der Waals surface area contributed by atoms with Crippen LogP contribution < -0.4 is 5.32 Å². The maximum Gasteiger partial charge on any atom is 0.223 e. The zero-order chi connectivity index (χ0) is 11.4. The average molecular weight is 216 g/mol. The van der Waals surface area contributed by atoms with E-state index in [0.717, 1.165) is 6.42 Å². The van der Waals surface area contributed by atoms with Crippen LogP contribution in [0.4, 0.5) is 0 Å². The van der Waals surface area contributed by atoms with Crippen LogP contribution >= 0.6 is 0 Å². The second kappa shape index (κ2) is 4.92. The minimum absolute atomic E-state index is 0.160. The van der Waals surface area contributed by atoms with Gasteiger partial charge in [-0.05, 0) is 37.0 Å². The molecule has 2 unspecified atom stereocenters. The first-order valence-electron chi connectivity index (χ1n) is 5.61. The van der Waals surface area contributed by atoms with Crippen LogP contribution in [-0.4, -0.2) is 17.4 Å². The van der Waals surface area contributed by atoms with E-state index in [0.29, 0.717) is 12.5 Å². The Morgan fingerprint density at radius 1 is 1.56 bits per heavy atom. The van der Waals surface area contributed by atoms with Crippen molar-refractivity contribution in [2.75, 3.05) is 6.54 Å². The second-order valence-corrected chi connectivity index (χ2v) is 4.04.